The average Bonchev–Trinajstić information content (AvgIpc) is 2.53. The molecule has 2 unspecified atom stereocenters. The zero-order valence-electron chi connectivity index (χ0n) is 16.0. The van der Waals surface area contributed by atoms with Gasteiger partial charge in [-0.15, -0.1) is 11.8 Å². The average molecular weight is 345 g/mol. The summed E-state index contributed by atoms with van der Waals surface area (Å²) >= 11 is 1.80. The van der Waals surface area contributed by atoms with E-state index in [2.05, 4.69) is 13.8 Å². The number of rotatable bonds is 18. The first-order chi connectivity index (χ1) is 11.2. The van der Waals surface area contributed by atoms with Gasteiger partial charge in [0.2, 0.25) is 0 Å². The molecule has 0 aliphatic carbocycles. The van der Waals surface area contributed by atoms with E-state index in [-0.39, 0.29) is 10.7 Å². The topological polar surface area (TPSA) is 52.0 Å². The summed E-state index contributed by atoms with van der Waals surface area (Å²) in [5, 5.41) is 0.482. The molecule has 0 saturated heterocycles. The van der Waals surface area contributed by atoms with Crippen molar-refractivity contribution in [3.05, 3.63) is 0 Å². The standard InChI is InChI=1S/C20H44N2S/c1-3-5-7-9-11-13-15-17-19(21)23-20(22)18-16-14-12-10-8-6-4-2/h19-20H,3-18,21-22H2,1-2H3. The molecule has 0 aromatic heterocycles. The molecule has 0 aromatic carbocycles. The second-order valence-corrected chi connectivity index (χ2v) is 8.52. The Bertz CT molecular complexity index is 202. The Hall–Kier alpha value is 0.270. The van der Waals surface area contributed by atoms with Crippen LogP contribution >= 0.6 is 11.8 Å². The van der Waals surface area contributed by atoms with Gasteiger partial charge in [0, 0.05) is 0 Å². The van der Waals surface area contributed by atoms with Gasteiger partial charge < -0.3 is 11.5 Å². The van der Waals surface area contributed by atoms with Crippen LogP contribution in [0.15, 0.2) is 0 Å². The maximum atomic E-state index is 6.21. The SMILES string of the molecule is CCCCCCCCCC(N)SC(N)CCCCCCCCC. The van der Waals surface area contributed by atoms with Gasteiger partial charge in [0.15, 0.2) is 0 Å². The fourth-order valence-corrected chi connectivity index (χ4v) is 4.02. The van der Waals surface area contributed by atoms with Crippen molar-refractivity contribution >= 4 is 11.8 Å². The first-order valence-corrected chi connectivity index (χ1v) is 11.3. The lowest BCUT2D eigenvalue weighted by Crippen LogP contribution is -2.25. The van der Waals surface area contributed by atoms with E-state index in [0.717, 1.165) is 12.8 Å². The van der Waals surface area contributed by atoms with Crippen LogP contribution in [-0.4, -0.2) is 10.7 Å². The second kappa shape index (κ2) is 18.6. The number of thioether (sulfide) groups is 1. The quantitative estimate of drug-likeness (QED) is 0.218. The monoisotopic (exact) mass is 344 g/mol. The summed E-state index contributed by atoms with van der Waals surface area (Å²) in [6, 6.07) is 0. The van der Waals surface area contributed by atoms with Crippen LogP contribution in [0, 0.1) is 0 Å². The van der Waals surface area contributed by atoms with Crippen molar-refractivity contribution in [3.63, 3.8) is 0 Å². The smallest absolute Gasteiger partial charge is 0.0522 e. The highest BCUT2D eigenvalue weighted by atomic mass is 32.2. The maximum absolute atomic E-state index is 6.21. The molecule has 0 fully saturated rings. The first kappa shape index (κ1) is 23.3. The van der Waals surface area contributed by atoms with E-state index in [1.54, 1.807) is 11.8 Å². The molecule has 0 spiro atoms. The van der Waals surface area contributed by atoms with E-state index in [4.69, 9.17) is 11.5 Å². The molecule has 0 bridgehead atoms. The summed E-state index contributed by atoms with van der Waals surface area (Å²) in [4.78, 5) is 0. The summed E-state index contributed by atoms with van der Waals surface area (Å²) in [5.41, 5.74) is 12.4. The van der Waals surface area contributed by atoms with Gasteiger partial charge in [-0.1, -0.05) is 104 Å². The zero-order valence-corrected chi connectivity index (χ0v) is 16.8. The molecule has 23 heavy (non-hydrogen) atoms. The van der Waals surface area contributed by atoms with Crippen molar-refractivity contribution in [1.29, 1.82) is 0 Å². The van der Waals surface area contributed by atoms with Crippen molar-refractivity contribution < 1.29 is 0 Å². The van der Waals surface area contributed by atoms with E-state index in [1.165, 1.54) is 89.9 Å². The Morgan fingerprint density at radius 1 is 0.522 bits per heavy atom. The molecule has 0 aromatic rings. The fourth-order valence-electron chi connectivity index (χ4n) is 2.97. The van der Waals surface area contributed by atoms with Gasteiger partial charge in [0.05, 0.1) is 10.7 Å². The highest BCUT2D eigenvalue weighted by Crippen LogP contribution is 2.21. The molecule has 2 nitrogen and oxygen atoms in total. The van der Waals surface area contributed by atoms with Crippen LogP contribution in [0.2, 0.25) is 0 Å². The third-order valence-corrected chi connectivity index (χ3v) is 5.70. The van der Waals surface area contributed by atoms with Crippen molar-refractivity contribution in [2.24, 2.45) is 11.5 Å². The number of unbranched alkanes of at least 4 members (excludes halogenated alkanes) is 12. The van der Waals surface area contributed by atoms with Crippen LogP contribution in [0.4, 0.5) is 0 Å². The van der Waals surface area contributed by atoms with Gasteiger partial charge in [-0.3, -0.25) is 0 Å². The van der Waals surface area contributed by atoms with Gasteiger partial charge in [0.25, 0.3) is 0 Å². The van der Waals surface area contributed by atoms with Gasteiger partial charge in [-0.05, 0) is 12.8 Å². The van der Waals surface area contributed by atoms with Crippen LogP contribution in [0.25, 0.3) is 0 Å². The third-order valence-electron chi connectivity index (χ3n) is 4.53. The van der Waals surface area contributed by atoms with E-state index in [9.17, 15) is 0 Å². The molecule has 0 radical (unpaired) electrons. The van der Waals surface area contributed by atoms with Gasteiger partial charge in [-0.25, -0.2) is 0 Å². The molecule has 0 heterocycles. The van der Waals surface area contributed by atoms with Crippen molar-refractivity contribution in [1.82, 2.24) is 0 Å². The minimum Gasteiger partial charge on any atom is -0.319 e. The van der Waals surface area contributed by atoms with Crippen LogP contribution in [0.1, 0.15) is 117 Å². The summed E-state index contributed by atoms with van der Waals surface area (Å²) in [6.45, 7) is 4.54. The number of hydrogen-bond donors (Lipinski definition) is 2. The van der Waals surface area contributed by atoms with Gasteiger partial charge >= 0.3 is 0 Å². The highest BCUT2D eigenvalue weighted by molar-refractivity contribution is 8.00. The lowest BCUT2D eigenvalue weighted by molar-refractivity contribution is 0.566. The summed E-state index contributed by atoms with van der Waals surface area (Å²) < 4.78 is 0. The molecular weight excluding hydrogens is 300 g/mol. The highest BCUT2D eigenvalue weighted by Gasteiger charge is 2.09. The van der Waals surface area contributed by atoms with E-state index >= 15 is 0 Å². The van der Waals surface area contributed by atoms with Gasteiger partial charge in [0.1, 0.15) is 0 Å². The lowest BCUT2D eigenvalue weighted by atomic mass is 10.1. The molecule has 0 aliphatic heterocycles. The van der Waals surface area contributed by atoms with Crippen molar-refractivity contribution in [3.8, 4) is 0 Å². The molecule has 0 aliphatic rings. The Morgan fingerprint density at radius 2 is 0.826 bits per heavy atom. The Morgan fingerprint density at radius 3 is 1.17 bits per heavy atom. The Kier molecular flexibility index (Phi) is 18.8. The maximum Gasteiger partial charge on any atom is 0.0522 e. The second-order valence-electron chi connectivity index (χ2n) is 7.03. The Balaban J connectivity index is 3.32. The number of hydrogen-bond acceptors (Lipinski definition) is 3. The summed E-state index contributed by atoms with van der Waals surface area (Å²) in [6.07, 6.45) is 21.3. The fraction of sp³-hybridized carbons (Fsp3) is 1.00. The van der Waals surface area contributed by atoms with E-state index < -0.39 is 0 Å². The molecule has 3 heteroatoms. The van der Waals surface area contributed by atoms with Crippen LogP contribution in [0.5, 0.6) is 0 Å². The third kappa shape index (κ3) is 18.4. The van der Waals surface area contributed by atoms with E-state index in [0.29, 0.717) is 0 Å². The summed E-state index contributed by atoms with van der Waals surface area (Å²) in [5.74, 6) is 0. The largest absolute Gasteiger partial charge is 0.319 e. The van der Waals surface area contributed by atoms with Crippen molar-refractivity contribution in [2.75, 3.05) is 0 Å². The molecule has 0 saturated carbocycles. The van der Waals surface area contributed by atoms with Crippen LogP contribution in [-0.2, 0) is 0 Å². The normalized spacial score (nSPS) is 14.1. The predicted molar refractivity (Wildman–Crippen MR) is 109 cm³/mol. The first-order valence-electron chi connectivity index (χ1n) is 10.4. The van der Waals surface area contributed by atoms with Gasteiger partial charge in [-0.2, -0.15) is 0 Å². The van der Waals surface area contributed by atoms with Crippen LogP contribution in [0.3, 0.4) is 0 Å². The molecule has 2 atom stereocenters. The molecular formula is C20H44N2S. The zero-order chi connectivity index (χ0) is 17.2. The molecule has 0 rings (SSSR count). The minimum atomic E-state index is 0.241. The predicted octanol–water partition coefficient (Wildman–Crippen LogP) is 6.57. The van der Waals surface area contributed by atoms with E-state index in [1.807, 2.05) is 0 Å². The molecule has 140 valence electrons. The molecule has 0 amide bonds. The minimum absolute atomic E-state index is 0.241. The van der Waals surface area contributed by atoms with Crippen molar-refractivity contribution in [2.45, 2.75) is 127 Å². The van der Waals surface area contributed by atoms with Crippen LogP contribution < -0.4 is 11.5 Å². The Labute approximate surface area is 150 Å². The lowest BCUT2D eigenvalue weighted by Gasteiger charge is -2.17. The summed E-state index contributed by atoms with van der Waals surface area (Å²) in [7, 11) is 0. The molecule has 4 N–H and O–H groups in total. The number of nitrogens with two attached hydrogens (primary N) is 2.